The SMILES string of the molecule is CC(C)CCOc1cc(-c2nc(N)nc(N)c2C#N)ccc1F. The number of hydrogen-bond acceptors (Lipinski definition) is 6. The van der Waals surface area contributed by atoms with E-state index in [9.17, 15) is 9.65 Å². The topological polar surface area (TPSA) is 111 Å². The lowest BCUT2D eigenvalue weighted by Crippen LogP contribution is -2.06. The Labute approximate surface area is 133 Å². The van der Waals surface area contributed by atoms with E-state index in [0.29, 0.717) is 18.1 Å². The van der Waals surface area contributed by atoms with Crippen LogP contribution in [0.2, 0.25) is 0 Å². The third-order valence-electron chi connectivity index (χ3n) is 3.22. The summed E-state index contributed by atoms with van der Waals surface area (Å²) < 4.78 is 19.4. The minimum atomic E-state index is -0.481. The fraction of sp³-hybridized carbons (Fsp3) is 0.312. The van der Waals surface area contributed by atoms with Gasteiger partial charge in [-0.1, -0.05) is 13.8 Å². The molecule has 4 N–H and O–H groups in total. The molecule has 6 nitrogen and oxygen atoms in total. The summed E-state index contributed by atoms with van der Waals surface area (Å²) in [5, 5.41) is 9.22. The Hall–Kier alpha value is -2.88. The van der Waals surface area contributed by atoms with E-state index in [4.69, 9.17) is 16.2 Å². The number of nitrogens with zero attached hydrogens (tertiary/aromatic N) is 3. The van der Waals surface area contributed by atoms with Gasteiger partial charge in [0.25, 0.3) is 0 Å². The van der Waals surface area contributed by atoms with Gasteiger partial charge in [0, 0.05) is 5.56 Å². The Morgan fingerprint density at radius 1 is 1.30 bits per heavy atom. The van der Waals surface area contributed by atoms with E-state index in [1.807, 2.05) is 6.07 Å². The third-order valence-corrected chi connectivity index (χ3v) is 3.22. The van der Waals surface area contributed by atoms with Crippen molar-refractivity contribution in [2.24, 2.45) is 5.92 Å². The predicted molar refractivity (Wildman–Crippen MR) is 85.9 cm³/mol. The van der Waals surface area contributed by atoms with E-state index >= 15 is 0 Å². The van der Waals surface area contributed by atoms with Crippen LogP contribution in [-0.4, -0.2) is 16.6 Å². The first-order valence-electron chi connectivity index (χ1n) is 7.18. The third kappa shape index (κ3) is 3.86. The van der Waals surface area contributed by atoms with E-state index in [2.05, 4.69) is 23.8 Å². The van der Waals surface area contributed by atoms with Crippen molar-refractivity contribution < 1.29 is 9.13 Å². The van der Waals surface area contributed by atoms with Gasteiger partial charge in [0.15, 0.2) is 11.6 Å². The molecule has 2 aromatic rings. The van der Waals surface area contributed by atoms with Gasteiger partial charge in [0.1, 0.15) is 17.5 Å². The molecule has 120 valence electrons. The van der Waals surface area contributed by atoms with Crippen LogP contribution >= 0.6 is 0 Å². The number of aromatic nitrogens is 2. The van der Waals surface area contributed by atoms with Gasteiger partial charge in [-0.3, -0.25) is 0 Å². The summed E-state index contributed by atoms with van der Waals surface area (Å²) >= 11 is 0. The smallest absolute Gasteiger partial charge is 0.222 e. The molecule has 0 fully saturated rings. The molecule has 1 heterocycles. The Bertz CT molecular complexity index is 755. The second kappa shape index (κ2) is 6.92. The Morgan fingerprint density at radius 2 is 2.04 bits per heavy atom. The molecule has 0 spiro atoms. The van der Waals surface area contributed by atoms with Gasteiger partial charge in [0.2, 0.25) is 5.95 Å². The number of anilines is 2. The lowest BCUT2D eigenvalue weighted by Gasteiger charge is -2.11. The zero-order valence-corrected chi connectivity index (χ0v) is 13.0. The van der Waals surface area contributed by atoms with Crippen LogP contribution in [0.5, 0.6) is 5.75 Å². The molecule has 0 atom stereocenters. The lowest BCUT2D eigenvalue weighted by molar-refractivity contribution is 0.277. The number of halogens is 1. The van der Waals surface area contributed by atoms with Crippen molar-refractivity contribution in [2.45, 2.75) is 20.3 Å². The monoisotopic (exact) mass is 315 g/mol. The number of benzene rings is 1. The second-order valence-electron chi connectivity index (χ2n) is 5.48. The van der Waals surface area contributed by atoms with Gasteiger partial charge >= 0.3 is 0 Å². The minimum Gasteiger partial charge on any atom is -0.490 e. The molecule has 7 heteroatoms. The Kier molecular flexibility index (Phi) is 4.96. The summed E-state index contributed by atoms with van der Waals surface area (Å²) in [7, 11) is 0. The van der Waals surface area contributed by atoms with E-state index in [1.54, 1.807) is 0 Å². The molecule has 0 saturated carbocycles. The normalized spacial score (nSPS) is 10.6. The van der Waals surface area contributed by atoms with Crippen LogP contribution in [0.1, 0.15) is 25.8 Å². The number of rotatable bonds is 5. The molecule has 1 aromatic carbocycles. The number of nitrogens with two attached hydrogens (primary N) is 2. The highest BCUT2D eigenvalue weighted by Gasteiger charge is 2.15. The van der Waals surface area contributed by atoms with Gasteiger partial charge < -0.3 is 16.2 Å². The second-order valence-corrected chi connectivity index (χ2v) is 5.48. The first-order chi connectivity index (χ1) is 10.9. The molecule has 0 unspecified atom stereocenters. The summed E-state index contributed by atoms with van der Waals surface area (Å²) in [5.41, 5.74) is 12.1. The molecule has 0 amide bonds. The summed E-state index contributed by atoms with van der Waals surface area (Å²) in [5.74, 6) is 0.00593. The summed E-state index contributed by atoms with van der Waals surface area (Å²) in [6, 6.07) is 6.18. The predicted octanol–water partition coefficient (Wildman–Crippen LogP) is 2.74. The lowest BCUT2D eigenvalue weighted by atomic mass is 10.1. The molecular formula is C16H18FN5O. The molecule has 0 aliphatic rings. The highest BCUT2D eigenvalue weighted by molar-refractivity contribution is 5.73. The van der Waals surface area contributed by atoms with Gasteiger partial charge in [-0.2, -0.15) is 10.2 Å². The van der Waals surface area contributed by atoms with Crippen molar-refractivity contribution >= 4 is 11.8 Å². The number of nitrogen functional groups attached to an aromatic ring is 2. The van der Waals surface area contributed by atoms with Crippen LogP contribution in [0.3, 0.4) is 0 Å². The van der Waals surface area contributed by atoms with Crippen molar-refractivity contribution in [3.63, 3.8) is 0 Å². The quantitative estimate of drug-likeness (QED) is 0.877. The van der Waals surface area contributed by atoms with Crippen LogP contribution in [-0.2, 0) is 0 Å². The summed E-state index contributed by atoms with van der Waals surface area (Å²) in [4.78, 5) is 7.80. The first kappa shape index (κ1) is 16.5. The summed E-state index contributed by atoms with van der Waals surface area (Å²) in [6.07, 6.45) is 0.806. The molecular weight excluding hydrogens is 297 g/mol. The van der Waals surface area contributed by atoms with Gasteiger partial charge in [-0.15, -0.1) is 0 Å². The number of hydrogen-bond donors (Lipinski definition) is 2. The van der Waals surface area contributed by atoms with E-state index in [0.717, 1.165) is 6.42 Å². The highest BCUT2D eigenvalue weighted by atomic mass is 19.1. The molecule has 0 bridgehead atoms. The van der Waals surface area contributed by atoms with Crippen molar-refractivity contribution in [1.29, 1.82) is 5.26 Å². The Morgan fingerprint density at radius 3 is 2.70 bits per heavy atom. The van der Waals surface area contributed by atoms with Crippen molar-refractivity contribution in [2.75, 3.05) is 18.1 Å². The standard InChI is InChI=1S/C16H18FN5O/c1-9(2)5-6-23-13-7-10(3-4-12(13)17)14-11(8-18)15(19)22-16(20)21-14/h3-4,7,9H,5-6H2,1-2H3,(H4,19,20,21,22). The fourth-order valence-electron chi connectivity index (χ4n) is 1.98. The molecule has 0 radical (unpaired) electrons. The molecule has 1 aromatic heterocycles. The van der Waals surface area contributed by atoms with Crippen LogP contribution in [0.15, 0.2) is 18.2 Å². The van der Waals surface area contributed by atoms with Gasteiger partial charge in [-0.25, -0.2) is 9.37 Å². The number of nitriles is 1. The minimum absolute atomic E-state index is 0.0124. The van der Waals surface area contributed by atoms with E-state index < -0.39 is 5.82 Å². The molecule has 0 saturated heterocycles. The maximum atomic E-state index is 13.9. The maximum Gasteiger partial charge on any atom is 0.222 e. The molecule has 2 rings (SSSR count). The average Bonchev–Trinajstić information content (AvgIpc) is 2.48. The molecule has 0 aliphatic carbocycles. The average molecular weight is 315 g/mol. The van der Waals surface area contributed by atoms with E-state index in [-0.39, 0.29) is 28.8 Å². The van der Waals surface area contributed by atoms with E-state index in [1.165, 1.54) is 18.2 Å². The zero-order valence-electron chi connectivity index (χ0n) is 13.0. The van der Waals surface area contributed by atoms with Crippen LogP contribution in [0.25, 0.3) is 11.3 Å². The summed E-state index contributed by atoms with van der Waals surface area (Å²) in [6.45, 7) is 4.51. The van der Waals surface area contributed by atoms with Crippen LogP contribution in [0, 0.1) is 23.1 Å². The van der Waals surface area contributed by atoms with Crippen molar-refractivity contribution in [3.8, 4) is 23.1 Å². The van der Waals surface area contributed by atoms with Crippen molar-refractivity contribution in [3.05, 3.63) is 29.6 Å². The van der Waals surface area contributed by atoms with Crippen molar-refractivity contribution in [1.82, 2.24) is 9.97 Å². The van der Waals surface area contributed by atoms with Crippen LogP contribution < -0.4 is 16.2 Å². The first-order valence-corrected chi connectivity index (χ1v) is 7.18. The van der Waals surface area contributed by atoms with Gasteiger partial charge in [-0.05, 0) is 30.5 Å². The zero-order chi connectivity index (χ0) is 17.0. The fourth-order valence-corrected chi connectivity index (χ4v) is 1.98. The highest BCUT2D eigenvalue weighted by Crippen LogP contribution is 2.29. The largest absolute Gasteiger partial charge is 0.490 e. The molecule has 0 aliphatic heterocycles. The Balaban J connectivity index is 2.40. The van der Waals surface area contributed by atoms with Gasteiger partial charge in [0.05, 0.1) is 12.3 Å². The number of ether oxygens (including phenoxy) is 1. The van der Waals surface area contributed by atoms with Crippen LogP contribution in [0.4, 0.5) is 16.2 Å². The maximum absolute atomic E-state index is 13.9. The molecule has 23 heavy (non-hydrogen) atoms.